The molecule has 7 heteroatoms. The first-order chi connectivity index (χ1) is 10.5. The fraction of sp³-hybridized carbons (Fsp3) is 0.333. The van der Waals surface area contributed by atoms with Crippen molar-refractivity contribution in [3.05, 3.63) is 35.4 Å². The fourth-order valence-corrected chi connectivity index (χ4v) is 2.81. The van der Waals surface area contributed by atoms with Crippen molar-refractivity contribution >= 4 is 34.5 Å². The van der Waals surface area contributed by atoms with E-state index in [4.69, 9.17) is 5.11 Å². The summed E-state index contributed by atoms with van der Waals surface area (Å²) in [4.78, 5) is 22.2. The van der Waals surface area contributed by atoms with Crippen molar-refractivity contribution in [1.82, 2.24) is 5.32 Å². The molecule has 1 amide bonds. The lowest BCUT2D eigenvalue weighted by Crippen LogP contribution is -2.26. The van der Waals surface area contributed by atoms with Crippen LogP contribution in [0.5, 0.6) is 0 Å². The number of aliphatic carboxylic acids is 1. The van der Waals surface area contributed by atoms with Crippen LogP contribution in [0.3, 0.4) is 0 Å². The van der Waals surface area contributed by atoms with Crippen LogP contribution in [-0.2, 0) is 16.0 Å². The summed E-state index contributed by atoms with van der Waals surface area (Å²) in [6.07, 6.45) is 0.753. The highest BCUT2D eigenvalue weighted by molar-refractivity contribution is 8.15. The Kier molecular flexibility index (Phi) is 5.32. The Hall–Kier alpha value is -2.15. The van der Waals surface area contributed by atoms with Gasteiger partial charge in [-0.25, -0.2) is 0 Å². The molecule has 0 aliphatic carbocycles. The SMILES string of the molecule is CCc1ccc(/C(C)=N\N=C2\NC(=O)[C@H](CC(=O)O)S2)cc1. The molecule has 22 heavy (non-hydrogen) atoms. The molecule has 1 aromatic rings. The number of hydrogen-bond acceptors (Lipinski definition) is 5. The molecule has 1 aromatic carbocycles. The fourth-order valence-electron chi connectivity index (χ4n) is 1.90. The maximum atomic E-state index is 11.6. The molecule has 1 aliphatic heterocycles. The molecule has 1 saturated heterocycles. The van der Waals surface area contributed by atoms with E-state index >= 15 is 0 Å². The summed E-state index contributed by atoms with van der Waals surface area (Å²) in [5, 5.41) is 19.1. The second kappa shape index (κ2) is 7.22. The van der Waals surface area contributed by atoms with E-state index in [0.29, 0.717) is 5.17 Å². The van der Waals surface area contributed by atoms with Gasteiger partial charge in [0.1, 0.15) is 5.25 Å². The maximum Gasteiger partial charge on any atom is 0.305 e. The molecule has 2 N–H and O–H groups in total. The highest BCUT2D eigenvalue weighted by atomic mass is 32.2. The number of thioether (sulfide) groups is 1. The summed E-state index contributed by atoms with van der Waals surface area (Å²) in [5.41, 5.74) is 2.93. The summed E-state index contributed by atoms with van der Waals surface area (Å²) in [6, 6.07) is 8.03. The number of carbonyl (C=O) groups excluding carboxylic acids is 1. The number of amides is 1. The van der Waals surface area contributed by atoms with Gasteiger partial charge in [0.05, 0.1) is 12.1 Å². The normalized spacial score (nSPS) is 20.3. The lowest BCUT2D eigenvalue weighted by molar-refractivity contribution is -0.138. The average Bonchev–Trinajstić information content (AvgIpc) is 2.84. The Morgan fingerprint density at radius 1 is 1.36 bits per heavy atom. The van der Waals surface area contributed by atoms with Gasteiger partial charge >= 0.3 is 5.97 Å². The number of carbonyl (C=O) groups is 2. The van der Waals surface area contributed by atoms with Crippen molar-refractivity contribution in [2.75, 3.05) is 0 Å². The van der Waals surface area contributed by atoms with E-state index < -0.39 is 11.2 Å². The molecule has 116 valence electrons. The molecule has 1 atom stereocenters. The number of rotatable bonds is 5. The second-order valence-corrected chi connectivity index (χ2v) is 6.03. The van der Waals surface area contributed by atoms with E-state index in [1.54, 1.807) is 0 Å². The maximum absolute atomic E-state index is 11.6. The first-order valence-electron chi connectivity index (χ1n) is 6.90. The molecule has 0 unspecified atom stereocenters. The van der Waals surface area contributed by atoms with Gasteiger partial charge < -0.3 is 10.4 Å². The molecule has 1 heterocycles. The number of carboxylic acids is 1. The van der Waals surface area contributed by atoms with Crippen LogP contribution in [0, 0.1) is 0 Å². The van der Waals surface area contributed by atoms with Crippen molar-refractivity contribution in [2.24, 2.45) is 10.2 Å². The van der Waals surface area contributed by atoms with Gasteiger partial charge in [-0.1, -0.05) is 43.0 Å². The van der Waals surface area contributed by atoms with Crippen molar-refractivity contribution in [3.63, 3.8) is 0 Å². The molecule has 0 spiro atoms. The average molecular weight is 319 g/mol. The minimum Gasteiger partial charge on any atom is -0.481 e. The summed E-state index contributed by atoms with van der Waals surface area (Å²) in [7, 11) is 0. The number of carboxylic acid groups (broad SMARTS) is 1. The molecule has 1 fully saturated rings. The van der Waals surface area contributed by atoms with Gasteiger partial charge in [0.2, 0.25) is 5.91 Å². The predicted octanol–water partition coefficient (Wildman–Crippen LogP) is 2.04. The molecule has 1 aliphatic rings. The lowest BCUT2D eigenvalue weighted by Gasteiger charge is -2.01. The van der Waals surface area contributed by atoms with Crippen LogP contribution in [0.4, 0.5) is 0 Å². The Bertz CT molecular complexity index is 638. The Balaban J connectivity index is 2.06. The zero-order chi connectivity index (χ0) is 16.1. The predicted molar refractivity (Wildman–Crippen MR) is 87.2 cm³/mol. The highest BCUT2D eigenvalue weighted by Gasteiger charge is 2.32. The minimum absolute atomic E-state index is 0.225. The van der Waals surface area contributed by atoms with Gasteiger partial charge in [-0.2, -0.15) is 5.10 Å². The van der Waals surface area contributed by atoms with E-state index in [-0.39, 0.29) is 12.3 Å². The van der Waals surface area contributed by atoms with Gasteiger partial charge in [-0.15, -0.1) is 5.10 Å². The molecule has 0 aromatic heterocycles. The van der Waals surface area contributed by atoms with Crippen LogP contribution in [0.15, 0.2) is 34.5 Å². The van der Waals surface area contributed by atoms with Crippen LogP contribution < -0.4 is 5.32 Å². The first kappa shape index (κ1) is 16.2. The Morgan fingerprint density at radius 3 is 2.64 bits per heavy atom. The Morgan fingerprint density at radius 2 is 2.05 bits per heavy atom. The zero-order valence-electron chi connectivity index (χ0n) is 12.4. The molecular formula is C15H17N3O3S. The van der Waals surface area contributed by atoms with E-state index in [9.17, 15) is 9.59 Å². The quantitative estimate of drug-likeness (QED) is 0.642. The number of amidine groups is 1. The van der Waals surface area contributed by atoms with Gasteiger partial charge in [-0.3, -0.25) is 9.59 Å². The van der Waals surface area contributed by atoms with Crippen molar-refractivity contribution in [1.29, 1.82) is 0 Å². The standard InChI is InChI=1S/C15H17N3O3S/c1-3-10-4-6-11(7-5-10)9(2)17-18-15-16-14(21)12(22-15)8-13(19)20/h4-7,12H,3,8H2,1-2H3,(H,19,20)(H,16,18,21)/b17-9-/t12-/m0/s1. The third-order valence-electron chi connectivity index (χ3n) is 3.21. The van der Waals surface area contributed by atoms with Crippen molar-refractivity contribution < 1.29 is 14.7 Å². The number of aryl methyl sites for hydroxylation is 1. The summed E-state index contributed by atoms with van der Waals surface area (Å²) >= 11 is 1.09. The first-order valence-corrected chi connectivity index (χ1v) is 7.78. The molecule has 0 bridgehead atoms. The zero-order valence-corrected chi connectivity index (χ0v) is 13.2. The molecular weight excluding hydrogens is 302 g/mol. The van der Waals surface area contributed by atoms with Crippen LogP contribution >= 0.6 is 11.8 Å². The van der Waals surface area contributed by atoms with Crippen LogP contribution in [0.25, 0.3) is 0 Å². The number of nitrogens with zero attached hydrogens (tertiary/aromatic N) is 2. The summed E-state index contributed by atoms with van der Waals surface area (Å²) in [5.74, 6) is -1.35. The van der Waals surface area contributed by atoms with Gasteiger partial charge in [0.15, 0.2) is 5.17 Å². The van der Waals surface area contributed by atoms with Gasteiger partial charge in [0.25, 0.3) is 0 Å². The molecule has 0 radical (unpaired) electrons. The highest BCUT2D eigenvalue weighted by Crippen LogP contribution is 2.22. The molecule has 2 rings (SSSR count). The Labute approximate surface area is 132 Å². The van der Waals surface area contributed by atoms with Crippen LogP contribution in [-0.4, -0.2) is 33.1 Å². The largest absolute Gasteiger partial charge is 0.481 e. The smallest absolute Gasteiger partial charge is 0.305 e. The number of benzene rings is 1. The number of hydrogen-bond donors (Lipinski definition) is 2. The van der Waals surface area contributed by atoms with Gasteiger partial charge in [0, 0.05) is 0 Å². The van der Waals surface area contributed by atoms with E-state index in [2.05, 4.69) is 22.4 Å². The lowest BCUT2D eigenvalue weighted by atomic mass is 10.1. The topological polar surface area (TPSA) is 91.1 Å². The van der Waals surface area contributed by atoms with E-state index in [1.165, 1.54) is 5.56 Å². The monoisotopic (exact) mass is 319 g/mol. The van der Waals surface area contributed by atoms with E-state index in [0.717, 1.165) is 29.5 Å². The molecule has 6 nitrogen and oxygen atoms in total. The second-order valence-electron chi connectivity index (χ2n) is 4.83. The molecule has 0 saturated carbocycles. The van der Waals surface area contributed by atoms with Gasteiger partial charge in [-0.05, 0) is 24.5 Å². The summed E-state index contributed by atoms with van der Waals surface area (Å²) in [6.45, 7) is 3.93. The third kappa shape index (κ3) is 4.17. The van der Waals surface area contributed by atoms with E-state index in [1.807, 2.05) is 31.2 Å². The minimum atomic E-state index is -1.01. The summed E-state index contributed by atoms with van der Waals surface area (Å²) < 4.78 is 0. The van der Waals surface area contributed by atoms with Crippen molar-refractivity contribution in [2.45, 2.75) is 31.9 Å². The number of nitrogens with one attached hydrogen (secondary N) is 1. The van der Waals surface area contributed by atoms with Crippen LogP contribution in [0.1, 0.15) is 31.4 Å². The third-order valence-corrected chi connectivity index (χ3v) is 4.28. The van der Waals surface area contributed by atoms with Crippen molar-refractivity contribution in [3.8, 4) is 0 Å². The van der Waals surface area contributed by atoms with Crippen LogP contribution in [0.2, 0.25) is 0 Å².